The third-order valence-electron chi connectivity index (χ3n) is 2.70. The molecule has 0 aliphatic heterocycles. The Morgan fingerprint density at radius 3 is 2.28 bits per heavy atom. The van der Waals surface area contributed by atoms with Crippen LogP contribution in [0.3, 0.4) is 0 Å². The highest BCUT2D eigenvalue weighted by Crippen LogP contribution is 2.09. The molecule has 0 saturated heterocycles. The van der Waals surface area contributed by atoms with Crippen molar-refractivity contribution < 1.29 is 9.18 Å². The standard InChI is InChI=1S/C15H14FNO/c1-17(11-12-7-9-14(16)10-8-12)15(18)13-5-3-2-4-6-13/h2-10H,11H2,1H3. The van der Waals surface area contributed by atoms with Crippen molar-refractivity contribution in [2.75, 3.05) is 7.05 Å². The summed E-state index contributed by atoms with van der Waals surface area (Å²) in [5.41, 5.74) is 1.56. The second-order valence-electron chi connectivity index (χ2n) is 4.15. The maximum absolute atomic E-state index is 12.8. The Labute approximate surface area is 106 Å². The summed E-state index contributed by atoms with van der Waals surface area (Å²) < 4.78 is 12.8. The Kier molecular flexibility index (Phi) is 3.72. The van der Waals surface area contributed by atoms with Gasteiger partial charge >= 0.3 is 0 Å². The third-order valence-corrected chi connectivity index (χ3v) is 2.70. The molecule has 2 rings (SSSR count). The number of nitrogens with zero attached hydrogens (tertiary/aromatic N) is 1. The first-order valence-electron chi connectivity index (χ1n) is 5.72. The van der Waals surface area contributed by atoms with Crippen molar-refractivity contribution in [3.05, 3.63) is 71.5 Å². The van der Waals surface area contributed by atoms with E-state index < -0.39 is 0 Å². The minimum Gasteiger partial charge on any atom is -0.337 e. The molecule has 0 atom stereocenters. The molecule has 0 aliphatic rings. The van der Waals surface area contributed by atoms with Crippen molar-refractivity contribution in [3.8, 4) is 0 Å². The summed E-state index contributed by atoms with van der Waals surface area (Å²) in [5.74, 6) is -0.310. The molecule has 0 bridgehead atoms. The molecule has 2 aromatic rings. The second kappa shape index (κ2) is 5.45. The van der Waals surface area contributed by atoms with Gasteiger partial charge in [0.15, 0.2) is 0 Å². The van der Waals surface area contributed by atoms with Crippen LogP contribution in [0.4, 0.5) is 4.39 Å². The lowest BCUT2D eigenvalue weighted by atomic mass is 10.1. The maximum atomic E-state index is 12.8. The van der Waals surface area contributed by atoms with Gasteiger partial charge < -0.3 is 4.90 Å². The number of hydrogen-bond acceptors (Lipinski definition) is 1. The van der Waals surface area contributed by atoms with E-state index in [4.69, 9.17) is 0 Å². The zero-order valence-corrected chi connectivity index (χ0v) is 10.1. The summed E-state index contributed by atoms with van der Waals surface area (Å²) in [6.07, 6.45) is 0. The van der Waals surface area contributed by atoms with Gasteiger partial charge in [-0.05, 0) is 29.8 Å². The number of carbonyl (C=O) groups is 1. The summed E-state index contributed by atoms with van der Waals surface area (Å²) in [4.78, 5) is 13.7. The minimum absolute atomic E-state index is 0.0417. The van der Waals surface area contributed by atoms with Crippen LogP contribution in [-0.4, -0.2) is 17.9 Å². The number of hydrogen-bond donors (Lipinski definition) is 0. The quantitative estimate of drug-likeness (QED) is 0.811. The van der Waals surface area contributed by atoms with Crippen LogP contribution < -0.4 is 0 Å². The first-order valence-corrected chi connectivity index (χ1v) is 5.72. The summed E-state index contributed by atoms with van der Waals surface area (Å²) in [6.45, 7) is 0.466. The van der Waals surface area contributed by atoms with Crippen molar-refractivity contribution in [3.63, 3.8) is 0 Å². The van der Waals surface area contributed by atoms with Crippen LogP contribution in [-0.2, 0) is 6.54 Å². The first kappa shape index (κ1) is 12.3. The van der Waals surface area contributed by atoms with Crippen LogP contribution in [0.1, 0.15) is 15.9 Å². The van der Waals surface area contributed by atoms with E-state index in [9.17, 15) is 9.18 Å². The molecule has 0 radical (unpaired) electrons. The minimum atomic E-state index is -0.268. The monoisotopic (exact) mass is 243 g/mol. The fraction of sp³-hybridized carbons (Fsp3) is 0.133. The van der Waals surface area contributed by atoms with Gasteiger partial charge in [-0.15, -0.1) is 0 Å². The van der Waals surface area contributed by atoms with E-state index in [1.54, 1.807) is 36.2 Å². The summed E-state index contributed by atoms with van der Waals surface area (Å²) in [5, 5.41) is 0. The average molecular weight is 243 g/mol. The van der Waals surface area contributed by atoms with Crippen molar-refractivity contribution in [2.45, 2.75) is 6.54 Å². The number of benzene rings is 2. The molecule has 0 aromatic heterocycles. The molecule has 0 aliphatic carbocycles. The van der Waals surface area contributed by atoms with E-state index in [-0.39, 0.29) is 11.7 Å². The molecular formula is C15H14FNO. The molecule has 0 fully saturated rings. The number of rotatable bonds is 3. The number of carbonyl (C=O) groups excluding carboxylic acids is 1. The summed E-state index contributed by atoms with van der Waals surface area (Å²) >= 11 is 0. The van der Waals surface area contributed by atoms with E-state index in [1.807, 2.05) is 18.2 Å². The summed E-state index contributed by atoms with van der Waals surface area (Å²) in [6, 6.07) is 15.3. The van der Waals surface area contributed by atoms with Gasteiger partial charge in [0.2, 0.25) is 0 Å². The highest BCUT2D eigenvalue weighted by Gasteiger charge is 2.11. The Bertz CT molecular complexity index is 522. The first-order chi connectivity index (χ1) is 8.66. The van der Waals surface area contributed by atoms with Gasteiger partial charge in [-0.25, -0.2) is 4.39 Å². The van der Waals surface area contributed by atoms with Gasteiger partial charge in [0.1, 0.15) is 5.82 Å². The van der Waals surface area contributed by atoms with Crippen LogP contribution in [0.5, 0.6) is 0 Å². The van der Waals surface area contributed by atoms with E-state index in [0.29, 0.717) is 12.1 Å². The van der Waals surface area contributed by atoms with Crippen LogP contribution in [0.25, 0.3) is 0 Å². The maximum Gasteiger partial charge on any atom is 0.253 e. The smallest absolute Gasteiger partial charge is 0.253 e. The van der Waals surface area contributed by atoms with Gasteiger partial charge in [-0.1, -0.05) is 30.3 Å². The molecule has 0 saturated carbocycles. The zero-order chi connectivity index (χ0) is 13.0. The lowest BCUT2D eigenvalue weighted by molar-refractivity contribution is 0.0785. The lowest BCUT2D eigenvalue weighted by Gasteiger charge is -2.17. The molecular weight excluding hydrogens is 229 g/mol. The predicted molar refractivity (Wildman–Crippen MR) is 68.6 cm³/mol. The molecule has 92 valence electrons. The van der Waals surface area contributed by atoms with Gasteiger partial charge in [-0.2, -0.15) is 0 Å². The molecule has 0 N–H and O–H groups in total. The Hall–Kier alpha value is -2.16. The SMILES string of the molecule is CN(Cc1ccc(F)cc1)C(=O)c1ccccc1. The number of amides is 1. The highest BCUT2D eigenvalue weighted by molar-refractivity contribution is 5.93. The van der Waals surface area contributed by atoms with Crippen LogP contribution in [0.2, 0.25) is 0 Å². The fourth-order valence-corrected chi connectivity index (χ4v) is 1.74. The molecule has 18 heavy (non-hydrogen) atoms. The van der Waals surface area contributed by atoms with Crippen molar-refractivity contribution >= 4 is 5.91 Å². The lowest BCUT2D eigenvalue weighted by Crippen LogP contribution is -2.26. The molecule has 2 nitrogen and oxygen atoms in total. The van der Waals surface area contributed by atoms with Crippen molar-refractivity contribution in [1.29, 1.82) is 0 Å². The molecule has 0 unspecified atom stereocenters. The van der Waals surface area contributed by atoms with E-state index >= 15 is 0 Å². The summed E-state index contributed by atoms with van der Waals surface area (Å²) in [7, 11) is 1.73. The van der Waals surface area contributed by atoms with Gasteiger partial charge in [-0.3, -0.25) is 4.79 Å². The van der Waals surface area contributed by atoms with Crippen molar-refractivity contribution in [1.82, 2.24) is 4.90 Å². The Morgan fingerprint density at radius 2 is 1.67 bits per heavy atom. The van der Waals surface area contributed by atoms with E-state index in [1.165, 1.54) is 12.1 Å². The van der Waals surface area contributed by atoms with Gasteiger partial charge in [0.05, 0.1) is 0 Å². The molecule has 3 heteroatoms. The third kappa shape index (κ3) is 2.94. The predicted octanol–water partition coefficient (Wildman–Crippen LogP) is 3.10. The normalized spacial score (nSPS) is 10.1. The largest absolute Gasteiger partial charge is 0.337 e. The molecule has 1 amide bonds. The van der Waals surface area contributed by atoms with Gasteiger partial charge in [0.25, 0.3) is 5.91 Å². The highest BCUT2D eigenvalue weighted by atomic mass is 19.1. The zero-order valence-electron chi connectivity index (χ0n) is 10.1. The Morgan fingerprint density at radius 1 is 1.06 bits per heavy atom. The molecule has 0 spiro atoms. The van der Waals surface area contributed by atoms with Gasteiger partial charge in [0, 0.05) is 19.2 Å². The van der Waals surface area contributed by atoms with Crippen LogP contribution in [0, 0.1) is 5.82 Å². The number of halogens is 1. The van der Waals surface area contributed by atoms with Crippen LogP contribution in [0.15, 0.2) is 54.6 Å². The van der Waals surface area contributed by atoms with E-state index in [0.717, 1.165) is 5.56 Å². The average Bonchev–Trinajstić information content (AvgIpc) is 2.41. The second-order valence-corrected chi connectivity index (χ2v) is 4.15. The molecule has 0 heterocycles. The van der Waals surface area contributed by atoms with E-state index in [2.05, 4.69) is 0 Å². The topological polar surface area (TPSA) is 20.3 Å². The van der Waals surface area contributed by atoms with Crippen molar-refractivity contribution in [2.24, 2.45) is 0 Å². The fourth-order valence-electron chi connectivity index (χ4n) is 1.74. The molecule has 2 aromatic carbocycles. The Balaban J connectivity index is 2.06. The van der Waals surface area contributed by atoms with Crippen LogP contribution >= 0.6 is 0 Å².